The molecule has 0 bridgehead atoms. The van der Waals surface area contributed by atoms with Gasteiger partial charge >= 0.3 is 6.18 Å². The Bertz CT molecular complexity index is 1590. The van der Waals surface area contributed by atoms with Crippen molar-refractivity contribution in [3.63, 3.8) is 0 Å². The van der Waals surface area contributed by atoms with Crippen LogP contribution in [0.4, 0.5) is 23.4 Å². The lowest BCUT2D eigenvalue weighted by Gasteiger charge is -2.27. The van der Waals surface area contributed by atoms with Gasteiger partial charge < -0.3 is 9.64 Å². The molecular weight excluding hydrogens is 538 g/mol. The van der Waals surface area contributed by atoms with Crippen molar-refractivity contribution in [2.75, 3.05) is 31.2 Å². The Labute approximate surface area is 225 Å². The number of benzene rings is 3. The predicted molar refractivity (Wildman–Crippen MR) is 137 cm³/mol. The van der Waals surface area contributed by atoms with Crippen LogP contribution in [0.5, 0.6) is 0 Å². The third-order valence-corrected chi connectivity index (χ3v) is 6.69. The number of fused-ring (bicyclic) bond motifs is 1. The number of halogens is 5. The number of nitrogens with zero attached hydrogens (tertiary/aromatic N) is 3. The molecule has 3 aromatic carbocycles. The molecule has 1 aromatic heterocycles. The summed E-state index contributed by atoms with van der Waals surface area (Å²) in [5.74, 6) is -1.44. The average molecular weight is 558 g/mol. The van der Waals surface area contributed by atoms with Crippen molar-refractivity contribution >= 4 is 40.0 Å². The molecule has 200 valence electrons. The standard InChI is InChI=1S/C28H20ClF4N3O3/c29-21-5-2-17(13-20(21)28(31,32)33)25(37)12-16-1-4-19(22(30)11-16)27(38)18-3-6-23-24(14-18)35-26(15-34-23)36-7-9-39-10-8-36/h1-6,11,13-15H,7-10,12H2. The number of carbonyl (C=O) groups excluding carboxylic acids is 2. The number of hydrogen-bond acceptors (Lipinski definition) is 6. The molecule has 1 aliphatic rings. The minimum absolute atomic E-state index is 0.206. The summed E-state index contributed by atoms with van der Waals surface area (Å²) in [7, 11) is 0. The van der Waals surface area contributed by atoms with Crippen LogP contribution in [-0.4, -0.2) is 47.8 Å². The van der Waals surface area contributed by atoms with Crippen molar-refractivity contribution in [1.29, 1.82) is 0 Å². The van der Waals surface area contributed by atoms with Crippen molar-refractivity contribution in [2.45, 2.75) is 12.6 Å². The number of carbonyl (C=O) groups is 2. The number of hydrogen-bond donors (Lipinski definition) is 0. The Morgan fingerprint density at radius 3 is 2.41 bits per heavy atom. The van der Waals surface area contributed by atoms with E-state index in [-0.39, 0.29) is 28.7 Å². The Balaban J connectivity index is 1.35. The maximum absolute atomic E-state index is 15.0. The van der Waals surface area contributed by atoms with E-state index < -0.39 is 34.1 Å². The highest BCUT2D eigenvalue weighted by molar-refractivity contribution is 6.31. The van der Waals surface area contributed by atoms with Gasteiger partial charge in [0.2, 0.25) is 0 Å². The van der Waals surface area contributed by atoms with Gasteiger partial charge in [0, 0.05) is 30.6 Å². The first kappa shape index (κ1) is 26.7. The third-order valence-electron chi connectivity index (χ3n) is 6.36. The second-order valence-electron chi connectivity index (χ2n) is 8.97. The zero-order valence-electron chi connectivity index (χ0n) is 20.3. The van der Waals surface area contributed by atoms with Crippen molar-refractivity contribution in [2.24, 2.45) is 0 Å². The maximum atomic E-state index is 15.0. The van der Waals surface area contributed by atoms with Gasteiger partial charge in [-0.15, -0.1) is 0 Å². The quantitative estimate of drug-likeness (QED) is 0.216. The van der Waals surface area contributed by atoms with E-state index in [9.17, 15) is 27.2 Å². The summed E-state index contributed by atoms with van der Waals surface area (Å²) in [6.07, 6.45) is -3.43. The second kappa shape index (κ2) is 10.7. The third kappa shape index (κ3) is 5.76. The van der Waals surface area contributed by atoms with Gasteiger partial charge in [-0.05, 0) is 54.1 Å². The summed E-state index contributed by atoms with van der Waals surface area (Å²) >= 11 is 5.61. The molecule has 6 nitrogen and oxygen atoms in total. The van der Waals surface area contributed by atoms with Gasteiger partial charge in [0.05, 0.1) is 46.6 Å². The van der Waals surface area contributed by atoms with Crippen LogP contribution in [0.15, 0.2) is 60.8 Å². The first-order valence-electron chi connectivity index (χ1n) is 11.9. The molecule has 0 saturated carbocycles. The van der Waals surface area contributed by atoms with Gasteiger partial charge in [0.1, 0.15) is 11.6 Å². The van der Waals surface area contributed by atoms with Crippen LogP contribution < -0.4 is 4.90 Å². The smallest absolute Gasteiger partial charge is 0.378 e. The molecule has 2 heterocycles. The molecule has 4 aromatic rings. The first-order chi connectivity index (χ1) is 18.6. The minimum atomic E-state index is -4.72. The summed E-state index contributed by atoms with van der Waals surface area (Å²) in [5, 5.41) is -0.523. The zero-order chi connectivity index (χ0) is 27.7. The molecule has 0 spiro atoms. The predicted octanol–water partition coefficient (Wildman–Crippen LogP) is 5.93. The maximum Gasteiger partial charge on any atom is 0.417 e. The molecule has 0 radical (unpaired) electrons. The van der Waals surface area contributed by atoms with Gasteiger partial charge in [0.25, 0.3) is 0 Å². The van der Waals surface area contributed by atoms with E-state index >= 15 is 0 Å². The van der Waals surface area contributed by atoms with E-state index in [0.29, 0.717) is 49.2 Å². The number of ketones is 2. The van der Waals surface area contributed by atoms with Crippen LogP contribution in [-0.2, 0) is 17.3 Å². The summed E-state index contributed by atoms with van der Waals surface area (Å²) in [6, 6.07) is 11.2. The Hall–Kier alpha value is -3.89. The fraction of sp³-hybridized carbons (Fsp3) is 0.214. The lowest BCUT2D eigenvalue weighted by Crippen LogP contribution is -2.36. The van der Waals surface area contributed by atoms with Crippen LogP contribution in [0, 0.1) is 5.82 Å². The van der Waals surface area contributed by atoms with Crippen LogP contribution in [0.1, 0.15) is 37.4 Å². The van der Waals surface area contributed by atoms with Crippen molar-refractivity contribution in [1.82, 2.24) is 9.97 Å². The first-order valence-corrected chi connectivity index (χ1v) is 12.3. The molecular formula is C28H20ClF4N3O3. The van der Waals surface area contributed by atoms with Crippen LogP contribution in [0.25, 0.3) is 11.0 Å². The fourth-order valence-electron chi connectivity index (χ4n) is 4.30. The molecule has 5 rings (SSSR count). The number of Topliss-reactive ketones (excluding diaryl/α,β-unsaturated/α-hetero) is 1. The molecule has 1 aliphatic heterocycles. The molecule has 0 amide bonds. The van der Waals surface area contributed by atoms with E-state index in [1.54, 1.807) is 18.3 Å². The van der Waals surface area contributed by atoms with Gasteiger partial charge in [-0.2, -0.15) is 13.2 Å². The highest BCUT2D eigenvalue weighted by Crippen LogP contribution is 2.35. The normalized spacial score (nSPS) is 14.0. The van der Waals surface area contributed by atoms with Crippen molar-refractivity contribution < 1.29 is 31.9 Å². The monoisotopic (exact) mass is 557 g/mol. The van der Waals surface area contributed by atoms with Crippen LogP contribution in [0.2, 0.25) is 5.02 Å². The highest BCUT2D eigenvalue weighted by Gasteiger charge is 2.33. The molecule has 39 heavy (non-hydrogen) atoms. The summed E-state index contributed by atoms with van der Waals surface area (Å²) < 4.78 is 59.7. The number of morpholine rings is 1. The van der Waals surface area contributed by atoms with E-state index in [1.807, 2.05) is 4.90 Å². The SMILES string of the molecule is O=C(Cc1ccc(C(=O)c2ccc3ncc(N4CCOCC4)nc3c2)c(F)c1)c1ccc(Cl)c(C(F)(F)F)c1. The lowest BCUT2D eigenvalue weighted by molar-refractivity contribution is -0.137. The molecule has 0 aliphatic carbocycles. The van der Waals surface area contributed by atoms with E-state index in [1.165, 1.54) is 24.3 Å². The van der Waals surface area contributed by atoms with Crippen molar-refractivity contribution in [3.8, 4) is 0 Å². The van der Waals surface area contributed by atoms with Crippen LogP contribution >= 0.6 is 11.6 Å². The molecule has 0 N–H and O–H groups in total. The number of ether oxygens (including phenoxy) is 1. The summed E-state index contributed by atoms with van der Waals surface area (Å²) in [6.45, 7) is 2.49. The van der Waals surface area contributed by atoms with E-state index in [2.05, 4.69) is 9.97 Å². The molecule has 1 saturated heterocycles. The largest absolute Gasteiger partial charge is 0.417 e. The Kier molecular flexibility index (Phi) is 7.33. The summed E-state index contributed by atoms with van der Waals surface area (Å²) in [4.78, 5) is 36.7. The van der Waals surface area contributed by atoms with Gasteiger partial charge in [0.15, 0.2) is 11.6 Å². The number of alkyl halides is 3. The minimum Gasteiger partial charge on any atom is -0.378 e. The second-order valence-corrected chi connectivity index (χ2v) is 9.37. The number of rotatable bonds is 6. The Morgan fingerprint density at radius 1 is 0.949 bits per heavy atom. The zero-order valence-corrected chi connectivity index (χ0v) is 21.0. The van der Waals surface area contributed by atoms with E-state index in [0.717, 1.165) is 12.1 Å². The Morgan fingerprint density at radius 2 is 1.69 bits per heavy atom. The molecule has 11 heteroatoms. The molecule has 1 fully saturated rings. The number of aromatic nitrogens is 2. The van der Waals surface area contributed by atoms with Crippen molar-refractivity contribution in [3.05, 3.63) is 99.5 Å². The molecule has 0 unspecified atom stereocenters. The topological polar surface area (TPSA) is 72.4 Å². The van der Waals surface area contributed by atoms with Gasteiger partial charge in [-0.25, -0.2) is 9.37 Å². The van der Waals surface area contributed by atoms with E-state index in [4.69, 9.17) is 16.3 Å². The average Bonchev–Trinajstić information content (AvgIpc) is 2.92. The van der Waals surface area contributed by atoms with Gasteiger partial charge in [-0.3, -0.25) is 14.6 Å². The summed E-state index contributed by atoms with van der Waals surface area (Å²) in [5.41, 5.74) is -0.0759. The fourth-order valence-corrected chi connectivity index (χ4v) is 4.52. The molecule has 0 atom stereocenters. The number of anilines is 1. The van der Waals surface area contributed by atoms with Gasteiger partial charge in [-0.1, -0.05) is 17.7 Å². The lowest BCUT2D eigenvalue weighted by atomic mass is 9.97. The highest BCUT2D eigenvalue weighted by atomic mass is 35.5. The van der Waals surface area contributed by atoms with Crippen LogP contribution in [0.3, 0.4) is 0 Å².